The Kier molecular flexibility index (Phi) is 5.41. The van der Waals surface area contributed by atoms with Gasteiger partial charge in [0.25, 0.3) is 0 Å². The Labute approximate surface area is 163 Å². The predicted molar refractivity (Wildman–Crippen MR) is 99.1 cm³/mol. The maximum absolute atomic E-state index is 12.1. The van der Waals surface area contributed by atoms with Gasteiger partial charge in [-0.3, -0.25) is 14.6 Å². The predicted octanol–water partition coefficient (Wildman–Crippen LogP) is 3.02. The lowest BCUT2D eigenvalue weighted by molar-refractivity contribution is -0.135. The highest BCUT2D eigenvalue weighted by Gasteiger charge is 2.35. The number of benzene rings is 1. The molecule has 2 heterocycles. The van der Waals surface area contributed by atoms with Gasteiger partial charge in [0.1, 0.15) is 0 Å². The molecule has 0 spiro atoms. The number of nitrogens with zero attached hydrogens (tertiary/aromatic N) is 3. The van der Waals surface area contributed by atoms with Gasteiger partial charge in [0.05, 0.1) is 12.7 Å². The molecule has 1 amide bonds. The molecule has 2 aromatic rings. The fraction of sp³-hybridized carbons (Fsp3) is 0.222. The summed E-state index contributed by atoms with van der Waals surface area (Å²) in [5, 5.41) is 5.48. The van der Waals surface area contributed by atoms with Gasteiger partial charge in [0.2, 0.25) is 18.0 Å². The summed E-state index contributed by atoms with van der Waals surface area (Å²) >= 11 is 3.35. The largest absolute Gasteiger partial charge is 0.493 e. The van der Waals surface area contributed by atoms with Gasteiger partial charge in [-0.15, -0.1) is 5.10 Å². The number of carbonyl (C=O) groups excluding carboxylic acids is 2. The molecule has 0 N–H and O–H groups in total. The van der Waals surface area contributed by atoms with E-state index in [2.05, 4.69) is 26.0 Å². The van der Waals surface area contributed by atoms with E-state index >= 15 is 0 Å². The summed E-state index contributed by atoms with van der Waals surface area (Å²) in [6.07, 6.45) is 2.42. The van der Waals surface area contributed by atoms with Crippen LogP contribution in [0.3, 0.4) is 0 Å². The molecule has 27 heavy (non-hydrogen) atoms. The van der Waals surface area contributed by atoms with Crippen LogP contribution in [0.25, 0.3) is 0 Å². The minimum Gasteiger partial charge on any atom is -0.493 e. The fourth-order valence-electron chi connectivity index (χ4n) is 2.55. The van der Waals surface area contributed by atoms with Crippen LogP contribution in [0.5, 0.6) is 11.5 Å². The van der Waals surface area contributed by atoms with E-state index in [9.17, 15) is 9.59 Å². The van der Waals surface area contributed by atoms with Gasteiger partial charge in [0.15, 0.2) is 11.5 Å². The lowest BCUT2D eigenvalue weighted by Gasteiger charge is -2.19. The lowest BCUT2D eigenvalue weighted by atomic mass is 10.2. The first-order chi connectivity index (χ1) is 12.9. The smallest absolute Gasteiger partial charge is 0.308 e. The van der Waals surface area contributed by atoms with Crippen LogP contribution in [0.15, 0.2) is 46.2 Å². The molecule has 0 aliphatic carbocycles. The SMILES string of the molecule is COc1cccc(C2=NN(C(C)=O)[C@H](c3cncc(Br)c3)O2)c1OC(C)=O. The number of para-hydroxylation sites is 1. The van der Waals surface area contributed by atoms with Crippen molar-refractivity contribution < 1.29 is 23.8 Å². The molecule has 9 heteroatoms. The average Bonchev–Trinajstić information content (AvgIpc) is 3.07. The minimum atomic E-state index is -0.793. The van der Waals surface area contributed by atoms with Crippen molar-refractivity contribution >= 4 is 33.7 Å². The van der Waals surface area contributed by atoms with E-state index < -0.39 is 12.2 Å². The lowest BCUT2D eigenvalue weighted by Crippen LogP contribution is -2.25. The van der Waals surface area contributed by atoms with Gasteiger partial charge in [-0.1, -0.05) is 6.07 Å². The van der Waals surface area contributed by atoms with E-state index in [0.717, 1.165) is 4.47 Å². The molecule has 0 unspecified atom stereocenters. The van der Waals surface area contributed by atoms with Crippen LogP contribution in [0.2, 0.25) is 0 Å². The van der Waals surface area contributed by atoms with E-state index in [-0.39, 0.29) is 17.6 Å². The summed E-state index contributed by atoms with van der Waals surface area (Å²) in [6.45, 7) is 2.66. The zero-order valence-corrected chi connectivity index (χ0v) is 16.4. The number of hydrazone groups is 1. The molecule has 8 nitrogen and oxygen atoms in total. The minimum absolute atomic E-state index is 0.130. The number of methoxy groups -OCH3 is 1. The second-order valence-corrected chi connectivity index (χ2v) is 6.52. The summed E-state index contributed by atoms with van der Waals surface area (Å²) in [4.78, 5) is 27.7. The third-order valence-corrected chi connectivity index (χ3v) is 4.09. The van der Waals surface area contributed by atoms with Crippen LogP contribution in [0, 0.1) is 0 Å². The first kappa shape index (κ1) is 18.8. The molecule has 1 aromatic carbocycles. The third kappa shape index (κ3) is 3.92. The molecule has 1 aliphatic heterocycles. The standard InChI is InChI=1S/C18H16BrN3O5/c1-10(23)22-18(12-7-13(19)9-20-8-12)27-17(21-22)14-5-4-6-15(25-3)16(14)26-11(2)24/h4-9,18H,1-3H3/t18-/m0/s1. The number of hydrogen-bond acceptors (Lipinski definition) is 7. The number of pyridine rings is 1. The first-order valence-corrected chi connectivity index (χ1v) is 8.71. The highest BCUT2D eigenvalue weighted by Crippen LogP contribution is 2.37. The van der Waals surface area contributed by atoms with Crippen LogP contribution in [-0.4, -0.2) is 34.9 Å². The van der Waals surface area contributed by atoms with E-state index in [1.165, 1.54) is 26.0 Å². The zero-order valence-electron chi connectivity index (χ0n) is 14.8. The van der Waals surface area contributed by atoms with Crippen molar-refractivity contribution in [1.82, 2.24) is 9.99 Å². The van der Waals surface area contributed by atoms with Crippen molar-refractivity contribution in [2.24, 2.45) is 5.10 Å². The second kappa shape index (κ2) is 7.75. The Balaban J connectivity index is 2.04. The molecule has 0 fully saturated rings. The molecule has 3 rings (SSSR count). The van der Waals surface area contributed by atoms with Crippen molar-refractivity contribution in [1.29, 1.82) is 0 Å². The molecule has 1 aromatic heterocycles. The van der Waals surface area contributed by atoms with E-state index in [0.29, 0.717) is 16.9 Å². The number of carbonyl (C=O) groups is 2. The third-order valence-electron chi connectivity index (χ3n) is 3.65. The van der Waals surface area contributed by atoms with Gasteiger partial charge in [-0.2, -0.15) is 5.01 Å². The Bertz CT molecular complexity index is 931. The molecule has 1 aliphatic rings. The van der Waals surface area contributed by atoms with Gasteiger partial charge in [-0.05, 0) is 34.1 Å². The van der Waals surface area contributed by atoms with Crippen molar-refractivity contribution in [3.8, 4) is 11.5 Å². The molecule has 0 radical (unpaired) electrons. The van der Waals surface area contributed by atoms with Crippen LogP contribution in [-0.2, 0) is 14.3 Å². The van der Waals surface area contributed by atoms with Crippen molar-refractivity contribution in [3.05, 3.63) is 52.3 Å². The Morgan fingerprint density at radius 3 is 2.67 bits per heavy atom. The maximum Gasteiger partial charge on any atom is 0.308 e. The van der Waals surface area contributed by atoms with Crippen LogP contribution < -0.4 is 9.47 Å². The molecule has 0 bridgehead atoms. The van der Waals surface area contributed by atoms with Gasteiger partial charge >= 0.3 is 5.97 Å². The van der Waals surface area contributed by atoms with E-state index in [1.54, 1.807) is 36.7 Å². The summed E-state index contributed by atoms with van der Waals surface area (Å²) in [6, 6.07) is 6.80. The average molecular weight is 434 g/mol. The molecular weight excluding hydrogens is 418 g/mol. The number of amides is 1. The Morgan fingerprint density at radius 2 is 2.04 bits per heavy atom. The molecule has 0 saturated carbocycles. The number of hydrogen-bond donors (Lipinski definition) is 0. The molecular formula is C18H16BrN3O5. The summed E-state index contributed by atoms with van der Waals surface area (Å²) < 4.78 is 17.2. The Morgan fingerprint density at radius 1 is 1.26 bits per heavy atom. The first-order valence-electron chi connectivity index (χ1n) is 7.92. The molecule has 140 valence electrons. The summed E-state index contributed by atoms with van der Waals surface area (Å²) in [7, 11) is 1.46. The normalized spacial score (nSPS) is 15.8. The van der Waals surface area contributed by atoms with Gasteiger partial charge < -0.3 is 14.2 Å². The van der Waals surface area contributed by atoms with Gasteiger partial charge in [-0.25, -0.2) is 0 Å². The summed E-state index contributed by atoms with van der Waals surface area (Å²) in [5.74, 6) is -0.188. The second-order valence-electron chi connectivity index (χ2n) is 5.61. The Hall–Kier alpha value is -2.94. The molecule has 1 atom stereocenters. The summed E-state index contributed by atoms with van der Waals surface area (Å²) in [5.41, 5.74) is 1.02. The van der Waals surface area contributed by atoms with Crippen molar-refractivity contribution in [2.75, 3.05) is 7.11 Å². The molecule has 0 saturated heterocycles. The number of ether oxygens (including phenoxy) is 3. The highest BCUT2D eigenvalue weighted by atomic mass is 79.9. The maximum atomic E-state index is 12.1. The van der Waals surface area contributed by atoms with E-state index in [4.69, 9.17) is 14.2 Å². The monoisotopic (exact) mass is 433 g/mol. The quantitative estimate of drug-likeness (QED) is 0.543. The van der Waals surface area contributed by atoms with Crippen molar-refractivity contribution in [2.45, 2.75) is 20.1 Å². The highest BCUT2D eigenvalue weighted by molar-refractivity contribution is 9.10. The van der Waals surface area contributed by atoms with Crippen LogP contribution >= 0.6 is 15.9 Å². The van der Waals surface area contributed by atoms with Crippen LogP contribution in [0.1, 0.15) is 31.2 Å². The number of esters is 1. The number of aromatic nitrogens is 1. The number of halogens is 1. The van der Waals surface area contributed by atoms with Gasteiger partial charge in [0, 0.05) is 36.3 Å². The zero-order chi connectivity index (χ0) is 19.6. The van der Waals surface area contributed by atoms with E-state index in [1.807, 2.05) is 0 Å². The topological polar surface area (TPSA) is 90.3 Å². The number of rotatable bonds is 4. The van der Waals surface area contributed by atoms with Crippen LogP contribution in [0.4, 0.5) is 0 Å². The van der Waals surface area contributed by atoms with Crippen molar-refractivity contribution in [3.63, 3.8) is 0 Å². The fourth-order valence-corrected chi connectivity index (χ4v) is 2.93.